The molecule has 0 bridgehead atoms. The number of amides is 1. The molecule has 20 heavy (non-hydrogen) atoms. The third-order valence-electron chi connectivity index (χ3n) is 5.15. The monoisotopic (exact) mass is 282 g/mol. The van der Waals surface area contributed by atoms with E-state index in [-0.39, 0.29) is 23.4 Å². The van der Waals surface area contributed by atoms with E-state index in [1.807, 2.05) is 0 Å². The van der Waals surface area contributed by atoms with Gasteiger partial charge in [-0.25, -0.2) is 0 Å². The van der Waals surface area contributed by atoms with Crippen LogP contribution in [0.1, 0.15) is 52.9 Å². The molecule has 114 valence electrons. The zero-order valence-corrected chi connectivity index (χ0v) is 12.7. The lowest BCUT2D eigenvalue weighted by molar-refractivity contribution is -0.149. The highest BCUT2D eigenvalue weighted by Crippen LogP contribution is 2.39. The third kappa shape index (κ3) is 2.68. The second kappa shape index (κ2) is 5.35. The summed E-state index contributed by atoms with van der Waals surface area (Å²) >= 11 is 0. The first kappa shape index (κ1) is 15.3. The van der Waals surface area contributed by atoms with Gasteiger partial charge in [0.25, 0.3) is 0 Å². The summed E-state index contributed by atoms with van der Waals surface area (Å²) in [5, 5.41) is 15.7. The molecule has 3 unspecified atom stereocenters. The first-order valence-electron chi connectivity index (χ1n) is 7.54. The van der Waals surface area contributed by atoms with Crippen molar-refractivity contribution in [2.45, 2.75) is 65.0 Å². The Morgan fingerprint density at radius 3 is 2.50 bits per heavy atom. The molecule has 1 saturated heterocycles. The van der Waals surface area contributed by atoms with Crippen LogP contribution in [-0.2, 0) is 9.59 Å². The lowest BCUT2D eigenvalue weighted by Gasteiger charge is -2.39. The lowest BCUT2D eigenvalue weighted by Crippen LogP contribution is -2.59. The lowest BCUT2D eigenvalue weighted by atomic mass is 9.76. The second-order valence-electron chi connectivity index (χ2n) is 7.16. The summed E-state index contributed by atoms with van der Waals surface area (Å²) in [6, 6.07) is -0.484. The highest BCUT2D eigenvalue weighted by molar-refractivity contribution is 5.84. The number of carboxylic acids is 1. The molecule has 0 aromatic heterocycles. The minimum atomic E-state index is -0.825. The van der Waals surface area contributed by atoms with Crippen LogP contribution in [0.3, 0.4) is 0 Å². The van der Waals surface area contributed by atoms with Crippen LogP contribution >= 0.6 is 0 Å². The summed E-state index contributed by atoms with van der Waals surface area (Å²) < 4.78 is 0. The number of hydrogen-bond acceptors (Lipinski definition) is 3. The molecule has 0 aromatic carbocycles. The van der Waals surface area contributed by atoms with E-state index in [9.17, 15) is 14.7 Å². The van der Waals surface area contributed by atoms with Gasteiger partial charge >= 0.3 is 5.97 Å². The number of carboxylic acid groups (broad SMARTS) is 1. The predicted molar refractivity (Wildman–Crippen MR) is 76.3 cm³/mol. The Morgan fingerprint density at radius 1 is 1.20 bits per heavy atom. The topological polar surface area (TPSA) is 78.4 Å². The zero-order chi connectivity index (χ0) is 15.0. The van der Waals surface area contributed by atoms with E-state index < -0.39 is 11.4 Å². The molecule has 5 heteroatoms. The standard InChI is InChI=1S/C15H26N2O3/c1-14(2)7-5-9-16-11(14)12(18)17-10-6-4-8-15(10,3)13(19)20/h10-11,16H,4-9H2,1-3H3,(H,17,18)(H,19,20). The number of hydrogen-bond donors (Lipinski definition) is 3. The summed E-state index contributed by atoms with van der Waals surface area (Å²) in [5.74, 6) is -0.856. The highest BCUT2D eigenvalue weighted by atomic mass is 16.4. The average Bonchev–Trinajstić information content (AvgIpc) is 2.71. The van der Waals surface area contributed by atoms with Crippen molar-refractivity contribution in [1.29, 1.82) is 0 Å². The molecular formula is C15H26N2O3. The molecule has 1 saturated carbocycles. The van der Waals surface area contributed by atoms with Crippen LogP contribution in [0.2, 0.25) is 0 Å². The van der Waals surface area contributed by atoms with Crippen LogP contribution in [0.4, 0.5) is 0 Å². The minimum Gasteiger partial charge on any atom is -0.481 e. The third-order valence-corrected chi connectivity index (χ3v) is 5.15. The first-order chi connectivity index (χ1) is 9.27. The minimum absolute atomic E-state index is 0.0472. The first-order valence-corrected chi connectivity index (χ1v) is 7.54. The van der Waals surface area contributed by atoms with Gasteiger partial charge in [-0.1, -0.05) is 20.3 Å². The van der Waals surface area contributed by atoms with Gasteiger partial charge in [0.2, 0.25) is 5.91 Å². The summed E-state index contributed by atoms with van der Waals surface area (Å²) in [6.07, 6.45) is 4.33. The Labute approximate surface area is 120 Å². The largest absolute Gasteiger partial charge is 0.481 e. The molecule has 1 heterocycles. The van der Waals surface area contributed by atoms with Crippen molar-refractivity contribution < 1.29 is 14.7 Å². The van der Waals surface area contributed by atoms with Crippen molar-refractivity contribution in [2.24, 2.45) is 10.8 Å². The fraction of sp³-hybridized carbons (Fsp3) is 0.867. The van der Waals surface area contributed by atoms with Crippen LogP contribution in [0.5, 0.6) is 0 Å². The molecular weight excluding hydrogens is 256 g/mol. The van der Waals surface area contributed by atoms with Gasteiger partial charge < -0.3 is 15.7 Å². The summed E-state index contributed by atoms with van der Waals surface area (Å²) in [4.78, 5) is 24.0. The number of carbonyl (C=O) groups excluding carboxylic acids is 1. The highest BCUT2D eigenvalue weighted by Gasteiger charge is 2.47. The quantitative estimate of drug-likeness (QED) is 0.733. The summed E-state index contributed by atoms with van der Waals surface area (Å²) in [7, 11) is 0. The molecule has 5 nitrogen and oxygen atoms in total. The van der Waals surface area contributed by atoms with Gasteiger partial charge in [0, 0.05) is 6.04 Å². The van der Waals surface area contributed by atoms with Crippen molar-refractivity contribution >= 4 is 11.9 Å². The second-order valence-corrected chi connectivity index (χ2v) is 7.16. The number of carbonyl (C=O) groups is 2. The van der Waals surface area contributed by atoms with E-state index in [1.165, 1.54) is 0 Å². The van der Waals surface area contributed by atoms with Crippen molar-refractivity contribution in [3.8, 4) is 0 Å². The molecule has 1 aliphatic carbocycles. The fourth-order valence-electron chi connectivity index (χ4n) is 3.57. The van der Waals surface area contributed by atoms with E-state index in [1.54, 1.807) is 6.92 Å². The van der Waals surface area contributed by atoms with Gasteiger partial charge in [-0.15, -0.1) is 0 Å². The van der Waals surface area contributed by atoms with Crippen LogP contribution < -0.4 is 10.6 Å². The predicted octanol–water partition coefficient (Wildman–Crippen LogP) is 1.52. The molecule has 1 amide bonds. The van der Waals surface area contributed by atoms with E-state index in [4.69, 9.17) is 0 Å². The van der Waals surface area contributed by atoms with Crippen LogP contribution in [-0.4, -0.2) is 35.6 Å². The van der Waals surface area contributed by atoms with Gasteiger partial charge in [0.1, 0.15) is 0 Å². The van der Waals surface area contributed by atoms with Gasteiger partial charge in [-0.2, -0.15) is 0 Å². The number of nitrogens with one attached hydrogen (secondary N) is 2. The maximum Gasteiger partial charge on any atom is 0.311 e. The normalized spacial score (nSPS) is 36.5. The average molecular weight is 282 g/mol. The summed E-state index contributed by atoms with van der Waals surface area (Å²) in [6.45, 7) is 6.78. The van der Waals surface area contributed by atoms with E-state index in [0.717, 1.165) is 32.2 Å². The van der Waals surface area contributed by atoms with Gasteiger partial charge in [0.15, 0.2) is 0 Å². The Bertz CT molecular complexity index is 408. The molecule has 0 spiro atoms. The summed E-state index contributed by atoms with van der Waals surface area (Å²) in [5.41, 5.74) is -0.908. The molecule has 1 aliphatic heterocycles. The number of aliphatic carboxylic acids is 1. The molecule has 2 fully saturated rings. The zero-order valence-electron chi connectivity index (χ0n) is 12.7. The number of rotatable bonds is 3. The van der Waals surface area contributed by atoms with Crippen molar-refractivity contribution in [3.63, 3.8) is 0 Å². The maximum atomic E-state index is 12.5. The van der Waals surface area contributed by atoms with E-state index >= 15 is 0 Å². The Hall–Kier alpha value is -1.10. The van der Waals surface area contributed by atoms with Crippen LogP contribution in [0, 0.1) is 10.8 Å². The number of piperidine rings is 1. The van der Waals surface area contributed by atoms with Gasteiger partial charge in [0.05, 0.1) is 11.5 Å². The molecule has 0 aromatic rings. The van der Waals surface area contributed by atoms with Crippen molar-refractivity contribution in [3.05, 3.63) is 0 Å². The van der Waals surface area contributed by atoms with Crippen molar-refractivity contribution in [2.75, 3.05) is 6.54 Å². The van der Waals surface area contributed by atoms with Gasteiger partial charge in [-0.05, 0) is 44.6 Å². The molecule has 3 N–H and O–H groups in total. The van der Waals surface area contributed by atoms with Crippen molar-refractivity contribution in [1.82, 2.24) is 10.6 Å². The molecule has 2 aliphatic rings. The van der Waals surface area contributed by atoms with Crippen LogP contribution in [0.25, 0.3) is 0 Å². The SMILES string of the molecule is CC1(C)CCCNC1C(=O)NC1CCCC1(C)C(=O)O. The van der Waals surface area contributed by atoms with E-state index in [2.05, 4.69) is 24.5 Å². The maximum absolute atomic E-state index is 12.5. The Morgan fingerprint density at radius 2 is 1.90 bits per heavy atom. The molecule has 2 rings (SSSR count). The Balaban J connectivity index is 2.06. The smallest absolute Gasteiger partial charge is 0.311 e. The van der Waals surface area contributed by atoms with Gasteiger partial charge in [-0.3, -0.25) is 9.59 Å². The van der Waals surface area contributed by atoms with E-state index in [0.29, 0.717) is 6.42 Å². The fourth-order valence-corrected chi connectivity index (χ4v) is 3.57. The Kier molecular flexibility index (Phi) is 4.09. The molecule has 0 radical (unpaired) electrons. The van der Waals surface area contributed by atoms with Crippen LogP contribution in [0.15, 0.2) is 0 Å². The molecule has 3 atom stereocenters.